The monoisotopic (exact) mass is 145 g/mol. The van der Waals surface area contributed by atoms with Crippen molar-refractivity contribution in [2.24, 2.45) is 5.41 Å². The van der Waals surface area contributed by atoms with E-state index in [-0.39, 0.29) is 0 Å². The first-order valence-corrected chi connectivity index (χ1v) is 2.49. The van der Waals surface area contributed by atoms with Gasteiger partial charge in [0, 0.05) is 0 Å². The summed E-state index contributed by atoms with van der Waals surface area (Å²) < 4.78 is 0. The molecule has 0 aromatic carbocycles. The van der Waals surface area contributed by atoms with Crippen LogP contribution >= 0.6 is 0 Å². The van der Waals surface area contributed by atoms with Crippen molar-refractivity contribution in [1.82, 2.24) is 0 Å². The van der Waals surface area contributed by atoms with Crippen LogP contribution in [-0.4, -0.2) is 34.5 Å². The van der Waals surface area contributed by atoms with Gasteiger partial charge in [-0.25, -0.2) is 0 Å². The zero-order valence-corrected chi connectivity index (χ0v) is 5.11. The highest BCUT2D eigenvalue weighted by atomic mass is 16.4. The number of rotatable bonds is 3. The summed E-state index contributed by atoms with van der Waals surface area (Å²) >= 11 is 0. The van der Waals surface area contributed by atoms with Gasteiger partial charge in [-0.15, -0.1) is 0 Å². The fourth-order valence-corrected chi connectivity index (χ4v) is 0.304. The Bertz CT molecular complexity index is 167. The van der Waals surface area contributed by atoms with Crippen LogP contribution in [0.4, 0.5) is 0 Å². The molecule has 0 aromatic heterocycles. The summed E-state index contributed by atoms with van der Waals surface area (Å²) in [5, 5.41) is 33.2. The lowest BCUT2D eigenvalue weighted by molar-refractivity contribution is -0.149. The van der Waals surface area contributed by atoms with E-state index in [0.29, 0.717) is 0 Å². The number of nitrogens with zero attached hydrogens (tertiary/aromatic N) is 1. The largest absolute Gasteiger partial charge is 0.480 e. The molecule has 5 nitrogen and oxygen atoms in total. The van der Waals surface area contributed by atoms with Crippen LogP contribution in [0.1, 0.15) is 0 Å². The highest BCUT2D eigenvalue weighted by molar-refractivity contribution is 5.78. The highest BCUT2D eigenvalue weighted by Crippen LogP contribution is 2.13. The third-order valence-electron chi connectivity index (χ3n) is 1.16. The van der Waals surface area contributed by atoms with Gasteiger partial charge in [-0.05, 0) is 0 Å². The van der Waals surface area contributed by atoms with Crippen molar-refractivity contribution >= 4 is 5.97 Å². The van der Waals surface area contributed by atoms with Gasteiger partial charge in [0.2, 0.25) is 0 Å². The molecular weight excluding hydrogens is 138 g/mol. The summed E-state index contributed by atoms with van der Waals surface area (Å²) in [4.78, 5) is 10.2. The maximum atomic E-state index is 10.2. The molecule has 0 atom stereocenters. The average molecular weight is 145 g/mol. The van der Waals surface area contributed by atoms with Crippen LogP contribution in [0.15, 0.2) is 0 Å². The molecule has 0 amide bonds. The molecule has 0 saturated heterocycles. The van der Waals surface area contributed by atoms with E-state index in [1.165, 1.54) is 6.07 Å². The first kappa shape index (κ1) is 8.88. The Labute approximate surface area is 57.1 Å². The Morgan fingerprint density at radius 2 is 1.90 bits per heavy atom. The number of hydrogen-bond donors (Lipinski definition) is 3. The van der Waals surface area contributed by atoms with E-state index >= 15 is 0 Å². The lowest BCUT2D eigenvalue weighted by Crippen LogP contribution is -2.36. The maximum Gasteiger partial charge on any atom is 0.328 e. The maximum absolute atomic E-state index is 10.2. The molecule has 0 aliphatic rings. The number of aliphatic hydroxyl groups excluding tert-OH is 2. The normalized spacial score (nSPS) is 10.5. The van der Waals surface area contributed by atoms with E-state index in [4.69, 9.17) is 20.6 Å². The molecule has 0 saturated carbocycles. The molecular formula is C5H7NO4. The van der Waals surface area contributed by atoms with Crippen molar-refractivity contribution in [1.29, 1.82) is 5.26 Å². The third kappa shape index (κ3) is 1.23. The molecule has 0 radical (unpaired) electrons. The second-order valence-electron chi connectivity index (χ2n) is 1.82. The summed E-state index contributed by atoms with van der Waals surface area (Å²) in [6.45, 7) is -1.76. The van der Waals surface area contributed by atoms with Crippen molar-refractivity contribution in [3.63, 3.8) is 0 Å². The average Bonchev–Trinajstić information content (AvgIpc) is 1.92. The quantitative estimate of drug-likeness (QED) is 0.451. The first-order chi connectivity index (χ1) is 4.63. The Balaban J connectivity index is 4.52. The minimum atomic E-state index is -2.04. The van der Waals surface area contributed by atoms with Gasteiger partial charge in [-0.2, -0.15) is 5.26 Å². The van der Waals surface area contributed by atoms with Crippen LogP contribution in [-0.2, 0) is 4.79 Å². The predicted octanol–water partition coefficient (Wildman–Crippen LogP) is -1.43. The van der Waals surface area contributed by atoms with Gasteiger partial charge in [0.1, 0.15) is 0 Å². The van der Waals surface area contributed by atoms with Crippen LogP contribution < -0.4 is 0 Å². The first-order valence-electron chi connectivity index (χ1n) is 2.49. The molecule has 0 heterocycles. The molecule has 0 rings (SSSR count). The van der Waals surface area contributed by atoms with Gasteiger partial charge in [0.05, 0.1) is 19.3 Å². The molecule has 0 spiro atoms. The molecule has 0 fully saturated rings. The Morgan fingerprint density at radius 3 is 1.90 bits per heavy atom. The van der Waals surface area contributed by atoms with Gasteiger partial charge < -0.3 is 15.3 Å². The van der Waals surface area contributed by atoms with E-state index in [2.05, 4.69) is 0 Å². The Kier molecular flexibility index (Phi) is 2.80. The minimum Gasteiger partial charge on any atom is -0.480 e. The van der Waals surface area contributed by atoms with Gasteiger partial charge in [-0.1, -0.05) is 0 Å². The SMILES string of the molecule is N#CC(CO)(CO)C(=O)O. The van der Waals surface area contributed by atoms with Gasteiger partial charge in [-0.3, -0.25) is 4.79 Å². The predicted molar refractivity (Wildman–Crippen MR) is 29.9 cm³/mol. The number of aliphatic hydroxyl groups is 2. The molecule has 0 aromatic rings. The van der Waals surface area contributed by atoms with Gasteiger partial charge in [0.25, 0.3) is 0 Å². The van der Waals surface area contributed by atoms with E-state index in [0.717, 1.165) is 0 Å². The number of aliphatic carboxylic acids is 1. The van der Waals surface area contributed by atoms with E-state index in [9.17, 15) is 4.79 Å². The van der Waals surface area contributed by atoms with Crippen LogP contribution in [0.5, 0.6) is 0 Å². The van der Waals surface area contributed by atoms with E-state index in [1.807, 2.05) is 0 Å². The standard InChI is InChI=1S/C5H7NO4/c6-1-5(2-7,3-8)4(9)10/h7-8H,2-3H2,(H,9,10). The molecule has 3 N–H and O–H groups in total. The molecule has 0 bridgehead atoms. The summed E-state index contributed by atoms with van der Waals surface area (Å²) in [6, 6.07) is 1.31. The van der Waals surface area contributed by atoms with Crippen LogP contribution in [0, 0.1) is 16.7 Å². The summed E-state index contributed by atoms with van der Waals surface area (Å²) in [5.41, 5.74) is -2.04. The van der Waals surface area contributed by atoms with E-state index < -0.39 is 24.6 Å². The van der Waals surface area contributed by atoms with Crippen molar-refractivity contribution in [2.45, 2.75) is 0 Å². The molecule has 56 valence electrons. The van der Waals surface area contributed by atoms with Gasteiger partial charge in [0.15, 0.2) is 5.41 Å². The molecule has 5 heteroatoms. The van der Waals surface area contributed by atoms with Crippen LogP contribution in [0.3, 0.4) is 0 Å². The number of carboxylic acids is 1. The third-order valence-corrected chi connectivity index (χ3v) is 1.16. The number of nitriles is 1. The number of carboxylic acid groups (broad SMARTS) is 1. The van der Waals surface area contributed by atoms with Crippen LogP contribution in [0.2, 0.25) is 0 Å². The molecule has 0 aliphatic heterocycles. The molecule has 10 heavy (non-hydrogen) atoms. The second-order valence-corrected chi connectivity index (χ2v) is 1.82. The summed E-state index contributed by atoms with van der Waals surface area (Å²) in [5.74, 6) is -1.51. The Morgan fingerprint density at radius 1 is 1.50 bits per heavy atom. The van der Waals surface area contributed by atoms with Crippen molar-refractivity contribution in [3.8, 4) is 6.07 Å². The lowest BCUT2D eigenvalue weighted by Gasteiger charge is -2.14. The van der Waals surface area contributed by atoms with E-state index in [1.54, 1.807) is 0 Å². The van der Waals surface area contributed by atoms with Crippen molar-refractivity contribution < 1.29 is 20.1 Å². The lowest BCUT2D eigenvalue weighted by atomic mass is 9.93. The van der Waals surface area contributed by atoms with Crippen molar-refractivity contribution in [2.75, 3.05) is 13.2 Å². The fourth-order valence-electron chi connectivity index (χ4n) is 0.304. The topological polar surface area (TPSA) is 102 Å². The van der Waals surface area contributed by atoms with Crippen molar-refractivity contribution in [3.05, 3.63) is 0 Å². The number of carbonyl (C=O) groups is 1. The van der Waals surface area contributed by atoms with Crippen LogP contribution in [0.25, 0.3) is 0 Å². The highest BCUT2D eigenvalue weighted by Gasteiger charge is 2.37. The minimum absolute atomic E-state index is 0.880. The van der Waals surface area contributed by atoms with Gasteiger partial charge >= 0.3 is 5.97 Å². The Hall–Kier alpha value is -1.12. The molecule has 0 aliphatic carbocycles. The summed E-state index contributed by atoms with van der Waals surface area (Å²) in [6.07, 6.45) is 0. The fraction of sp³-hybridized carbons (Fsp3) is 0.600. The zero-order valence-electron chi connectivity index (χ0n) is 5.11. The zero-order chi connectivity index (χ0) is 8.20. The smallest absolute Gasteiger partial charge is 0.328 e. The second kappa shape index (κ2) is 3.15. The summed E-state index contributed by atoms with van der Waals surface area (Å²) in [7, 11) is 0. The molecule has 0 unspecified atom stereocenters. The number of hydrogen-bond acceptors (Lipinski definition) is 4.